The maximum absolute atomic E-state index is 11.6. The van der Waals surface area contributed by atoms with Gasteiger partial charge in [-0.25, -0.2) is 4.79 Å². The number of allylic oxidation sites excluding steroid dienone is 2. The number of carboxylic acids is 1. The molecule has 0 spiro atoms. The molecule has 0 aliphatic heterocycles. The van der Waals surface area contributed by atoms with Gasteiger partial charge in [-0.1, -0.05) is 0 Å². The Balaban J connectivity index is 4.44. The second-order valence-corrected chi connectivity index (χ2v) is 4.29. The zero-order chi connectivity index (χ0) is 14.8. The summed E-state index contributed by atoms with van der Waals surface area (Å²) >= 11 is 0. The second-order valence-electron chi connectivity index (χ2n) is 4.29. The van der Waals surface area contributed by atoms with Gasteiger partial charge in [0.25, 0.3) is 0 Å². The number of hydrogen-bond acceptors (Lipinski definition) is 4. The fourth-order valence-electron chi connectivity index (χ4n) is 1.22. The SMILES string of the molecule is CC=C=CC=C(C)C(=O)OCC(CC(=O)O)N(C)C. The average Bonchev–Trinajstić information content (AvgIpc) is 2.33. The van der Waals surface area contributed by atoms with Crippen molar-refractivity contribution in [3.05, 3.63) is 29.5 Å². The molecule has 5 nitrogen and oxygen atoms in total. The molecular formula is C14H21NO4. The predicted molar refractivity (Wildman–Crippen MR) is 72.8 cm³/mol. The van der Waals surface area contributed by atoms with Crippen molar-refractivity contribution in [1.29, 1.82) is 0 Å². The summed E-state index contributed by atoms with van der Waals surface area (Å²) in [6.07, 6.45) is 4.88. The smallest absolute Gasteiger partial charge is 0.333 e. The Morgan fingerprint density at radius 1 is 1.42 bits per heavy atom. The minimum absolute atomic E-state index is 0.0522. The number of carbonyl (C=O) groups is 2. The molecule has 0 aromatic heterocycles. The number of carbonyl (C=O) groups excluding carboxylic acids is 1. The third-order valence-corrected chi connectivity index (χ3v) is 2.47. The van der Waals surface area contributed by atoms with E-state index in [1.807, 2.05) is 6.92 Å². The average molecular weight is 267 g/mol. The van der Waals surface area contributed by atoms with Crippen molar-refractivity contribution in [1.82, 2.24) is 4.90 Å². The van der Waals surface area contributed by atoms with Crippen LogP contribution in [0.1, 0.15) is 20.3 Å². The van der Waals surface area contributed by atoms with E-state index in [1.54, 1.807) is 44.1 Å². The zero-order valence-corrected chi connectivity index (χ0v) is 11.8. The lowest BCUT2D eigenvalue weighted by Gasteiger charge is -2.22. The van der Waals surface area contributed by atoms with Gasteiger partial charge in [-0.3, -0.25) is 4.79 Å². The Morgan fingerprint density at radius 3 is 2.53 bits per heavy atom. The summed E-state index contributed by atoms with van der Waals surface area (Å²) in [6, 6.07) is -0.333. The highest BCUT2D eigenvalue weighted by Gasteiger charge is 2.18. The third kappa shape index (κ3) is 7.97. The molecule has 0 fully saturated rings. The number of aliphatic carboxylic acids is 1. The fourth-order valence-corrected chi connectivity index (χ4v) is 1.22. The van der Waals surface area contributed by atoms with E-state index in [0.29, 0.717) is 5.57 Å². The molecule has 0 aliphatic rings. The molecule has 0 radical (unpaired) electrons. The number of rotatable bonds is 7. The van der Waals surface area contributed by atoms with Crippen LogP contribution in [0.2, 0.25) is 0 Å². The van der Waals surface area contributed by atoms with Crippen LogP contribution >= 0.6 is 0 Å². The van der Waals surface area contributed by atoms with Crippen LogP contribution in [-0.4, -0.2) is 48.7 Å². The molecule has 5 heteroatoms. The molecule has 1 unspecified atom stereocenters. The van der Waals surface area contributed by atoms with E-state index in [0.717, 1.165) is 0 Å². The Morgan fingerprint density at radius 2 is 2.05 bits per heavy atom. The van der Waals surface area contributed by atoms with Crippen molar-refractivity contribution in [2.24, 2.45) is 0 Å². The number of hydrogen-bond donors (Lipinski definition) is 1. The van der Waals surface area contributed by atoms with Crippen molar-refractivity contribution in [2.45, 2.75) is 26.3 Å². The molecular weight excluding hydrogens is 246 g/mol. The van der Waals surface area contributed by atoms with E-state index < -0.39 is 11.9 Å². The van der Waals surface area contributed by atoms with E-state index in [1.165, 1.54) is 0 Å². The van der Waals surface area contributed by atoms with E-state index >= 15 is 0 Å². The van der Waals surface area contributed by atoms with E-state index in [-0.39, 0.29) is 19.1 Å². The van der Waals surface area contributed by atoms with Crippen molar-refractivity contribution >= 4 is 11.9 Å². The highest BCUT2D eigenvalue weighted by atomic mass is 16.5. The van der Waals surface area contributed by atoms with Gasteiger partial charge in [-0.15, -0.1) is 5.73 Å². The summed E-state index contributed by atoms with van der Waals surface area (Å²) in [4.78, 5) is 24.0. The van der Waals surface area contributed by atoms with Crippen molar-refractivity contribution in [3.8, 4) is 0 Å². The van der Waals surface area contributed by atoms with Gasteiger partial charge in [-0.05, 0) is 46.2 Å². The Kier molecular flexibility index (Phi) is 8.25. The van der Waals surface area contributed by atoms with Crippen LogP contribution in [0, 0.1) is 0 Å². The van der Waals surface area contributed by atoms with Crippen molar-refractivity contribution in [2.75, 3.05) is 20.7 Å². The van der Waals surface area contributed by atoms with Crippen LogP contribution in [0.5, 0.6) is 0 Å². The van der Waals surface area contributed by atoms with Gasteiger partial charge in [0.1, 0.15) is 6.61 Å². The molecule has 0 aromatic carbocycles. The zero-order valence-electron chi connectivity index (χ0n) is 11.8. The highest BCUT2D eigenvalue weighted by Crippen LogP contribution is 2.04. The van der Waals surface area contributed by atoms with Gasteiger partial charge in [0.15, 0.2) is 0 Å². The third-order valence-electron chi connectivity index (χ3n) is 2.47. The Bertz CT molecular complexity index is 404. The normalized spacial score (nSPS) is 12.6. The molecule has 0 rings (SSSR count). The lowest BCUT2D eigenvalue weighted by molar-refractivity contribution is -0.144. The molecule has 0 heterocycles. The van der Waals surface area contributed by atoms with Gasteiger partial charge < -0.3 is 14.7 Å². The van der Waals surface area contributed by atoms with E-state index in [9.17, 15) is 9.59 Å². The Labute approximate surface area is 113 Å². The predicted octanol–water partition coefficient (Wildman–Crippen LogP) is 1.61. The summed E-state index contributed by atoms with van der Waals surface area (Å²) in [5, 5.41) is 8.76. The first-order valence-electron chi connectivity index (χ1n) is 5.97. The van der Waals surface area contributed by atoms with Gasteiger partial charge in [0, 0.05) is 5.57 Å². The van der Waals surface area contributed by atoms with Crippen LogP contribution in [-0.2, 0) is 14.3 Å². The molecule has 19 heavy (non-hydrogen) atoms. The van der Waals surface area contributed by atoms with Gasteiger partial charge >= 0.3 is 11.9 Å². The molecule has 1 atom stereocenters. The minimum atomic E-state index is -0.918. The number of likely N-dealkylation sites (N-methyl/N-ethyl adjacent to an activating group) is 1. The molecule has 106 valence electrons. The molecule has 1 N–H and O–H groups in total. The van der Waals surface area contributed by atoms with Crippen LogP contribution in [0.3, 0.4) is 0 Å². The largest absolute Gasteiger partial charge is 0.481 e. The topological polar surface area (TPSA) is 66.8 Å². The number of ether oxygens (including phenoxy) is 1. The maximum atomic E-state index is 11.6. The molecule has 0 aliphatic carbocycles. The van der Waals surface area contributed by atoms with Crippen LogP contribution in [0.15, 0.2) is 29.5 Å². The van der Waals surface area contributed by atoms with Crippen LogP contribution in [0.25, 0.3) is 0 Å². The number of carboxylic acid groups (broad SMARTS) is 1. The van der Waals surface area contributed by atoms with Crippen LogP contribution in [0.4, 0.5) is 0 Å². The first-order valence-corrected chi connectivity index (χ1v) is 5.97. The molecule has 0 amide bonds. The summed E-state index contributed by atoms with van der Waals surface area (Å²) in [5.41, 5.74) is 3.27. The summed E-state index contributed by atoms with van der Waals surface area (Å²) < 4.78 is 5.09. The molecule has 0 saturated heterocycles. The lowest BCUT2D eigenvalue weighted by Crippen LogP contribution is -2.35. The molecule has 0 saturated carbocycles. The minimum Gasteiger partial charge on any atom is -0.481 e. The van der Waals surface area contributed by atoms with Gasteiger partial charge in [0.05, 0.1) is 12.5 Å². The lowest BCUT2D eigenvalue weighted by atomic mass is 10.2. The van der Waals surface area contributed by atoms with E-state index in [2.05, 4.69) is 5.73 Å². The highest BCUT2D eigenvalue weighted by molar-refractivity contribution is 5.88. The fraction of sp³-hybridized carbons (Fsp3) is 0.500. The second kappa shape index (κ2) is 9.14. The number of esters is 1. The molecule has 0 bridgehead atoms. The monoisotopic (exact) mass is 267 g/mol. The number of nitrogens with zero attached hydrogens (tertiary/aromatic N) is 1. The van der Waals surface area contributed by atoms with Crippen molar-refractivity contribution < 1.29 is 19.4 Å². The quantitative estimate of drug-likeness (QED) is 0.328. The maximum Gasteiger partial charge on any atom is 0.333 e. The van der Waals surface area contributed by atoms with Gasteiger partial charge in [0.2, 0.25) is 0 Å². The summed E-state index contributed by atoms with van der Waals surface area (Å²) in [7, 11) is 3.50. The first kappa shape index (κ1) is 17.2. The Hall–Kier alpha value is -1.84. The van der Waals surface area contributed by atoms with E-state index in [4.69, 9.17) is 9.84 Å². The first-order chi connectivity index (χ1) is 8.88. The van der Waals surface area contributed by atoms with Gasteiger partial charge in [-0.2, -0.15) is 0 Å². The van der Waals surface area contributed by atoms with Crippen molar-refractivity contribution in [3.63, 3.8) is 0 Å². The summed E-state index contributed by atoms with van der Waals surface area (Å²) in [5.74, 6) is -1.37. The molecule has 0 aromatic rings. The standard InChI is InChI=1S/C14H21NO4/c1-5-6-7-8-11(2)14(18)19-10-12(15(3)4)9-13(16)17/h5,7-8,12H,9-10H2,1-4H3,(H,16,17). The summed E-state index contributed by atoms with van der Waals surface area (Å²) in [6.45, 7) is 3.51. The van der Waals surface area contributed by atoms with Crippen LogP contribution < -0.4 is 0 Å².